The van der Waals surface area contributed by atoms with Crippen LogP contribution >= 0.6 is 11.3 Å². The van der Waals surface area contributed by atoms with E-state index in [9.17, 15) is 0 Å². The first-order chi connectivity index (χ1) is 5.29. The topological polar surface area (TPSA) is 26.0 Å². The van der Waals surface area contributed by atoms with Crippen LogP contribution in [0.3, 0.4) is 0 Å². The van der Waals surface area contributed by atoms with Crippen LogP contribution in [0.5, 0.6) is 0 Å². The molecule has 1 fully saturated rings. The minimum absolute atomic E-state index is 0.310. The molecule has 0 aliphatic heterocycles. The van der Waals surface area contributed by atoms with Crippen LogP contribution in [0.25, 0.3) is 0 Å². The summed E-state index contributed by atoms with van der Waals surface area (Å²) in [6, 6.07) is 4.53. The van der Waals surface area contributed by atoms with Crippen LogP contribution < -0.4 is 5.73 Å². The molecule has 1 aliphatic rings. The van der Waals surface area contributed by atoms with Crippen molar-refractivity contribution in [3.63, 3.8) is 0 Å². The third-order valence-corrected chi connectivity index (χ3v) is 3.48. The van der Waals surface area contributed by atoms with E-state index in [-0.39, 0.29) is 0 Å². The maximum atomic E-state index is 6.05. The van der Waals surface area contributed by atoms with E-state index in [2.05, 4.69) is 24.4 Å². The Morgan fingerprint density at radius 2 is 2.45 bits per heavy atom. The number of hydrogen-bond acceptors (Lipinski definition) is 2. The summed E-state index contributed by atoms with van der Waals surface area (Å²) in [4.78, 5) is 1.35. The quantitative estimate of drug-likeness (QED) is 0.719. The normalized spacial score (nSPS) is 31.8. The molecule has 1 aliphatic carbocycles. The predicted molar refractivity (Wildman–Crippen MR) is 48.5 cm³/mol. The van der Waals surface area contributed by atoms with E-state index < -0.39 is 0 Å². The zero-order valence-electron chi connectivity index (χ0n) is 6.66. The average Bonchev–Trinajstić information content (AvgIpc) is 2.56. The van der Waals surface area contributed by atoms with Gasteiger partial charge in [0, 0.05) is 10.9 Å². The number of nitrogens with two attached hydrogens (primary N) is 1. The maximum Gasteiger partial charge on any atom is 0.0421 e. The minimum Gasteiger partial charge on any atom is -0.323 e. The van der Waals surface area contributed by atoms with Crippen molar-refractivity contribution < 1.29 is 0 Å². The van der Waals surface area contributed by atoms with E-state index in [4.69, 9.17) is 5.73 Å². The van der Waals surface area contributed by atoms with Crippen molar-refractivity contribution in [2.24, 2.45) is 17.6 Å². The minimum atomic E-state index is 0.310. The molecule has 1 aromatic heterocycles. The van der Waals surface area contributed by atoms with E-state index in [1.807, 2.05) is 0 Å². The number of hydrogen-bond donors (Lipinski definition) is 1. The number of thiophene rings is 1. The molecule has 0 aromatic carbocycles. The van der Waals surface area contributed by atoms with Crippen molar-refractivity contribution in [1.29, 1.82) is 0 Å². The molecule has 2 rings (SSSR count). The van der Waals surface area contributed by atoms with Crippen LogP contribution in [0.1, 0.15) is 24.3 Å². The van der Waals surface area contributed by atoms with E-state index >= 15 is 0 Å². The molecule has 0 bridgehead atoms. The van der Waals surface area contributed by atoms with Gasteiger partial charge >= 0.3 is 0 Å². The van der Waals surface area contributed by atoms with Gasteiger partial charge in [-0.15, -0.1) is 11.3 Å². The van der Waals surface area contributed by atoms with Gasteiger partial charge in [0.05, 0.1) is 0 Å². The number of rotatable bonds is 2. The molecule has 2 N–H and O–H groups in total. The Labute approximate surface area is 71.2 Å². The molecule has 60 valence electrons. The van der Waals surface area contributed by atoms with Gasteiger partial charge in [-0.2, -0.15) is 0 Å². The van der Waals surface area contributed by atoms with Crippen molar-refractivity contribution in [3.05, 3.63) is 22.4 Å². The summed E-state index contributed by atoms with van der Waals surface area (Å²) in [5.41, 5.74) is 6.05. The van der Waals surface area contributed by atoms with Crippen LogP contribution in [-0.2, 0) is 0 Å². The Morgan fingerprint density at radius 1 is 1.73 bits per heavy atom. The van der Waals surface area contributed by atoms with Crippen LogP contribution in [0.2, 0.25) is 0 Å². The van der Waals surface area contributed by atoms with Crippen molar-refractivity contribution in [2.45, 2.75) is 19.4 Å². The third-order valence-electron chi connectivity index (χ3n) is 2.50. The second-order valence-corrected chi connectivity index (χ2v) is 4.40. The Morgan fingerprint density at radius 3 is 2.91 bits per heavy atom. The summed E-state index contributed by atoms with van der Waals surface area (Å²) in [6.45, 7) is 2.28. The van der Waals surface area contributed by atoms with Crippen molar-refractivity contribution in [2.75, 3.05) is 0 Å². The molecular formula is C9H13NS. The average molecular weight is 167 g/mol. The fourth-order valence-corrected chi connectivity index (χ4v) is 2.35. The SMILES string of the molecule is CC1CC1C(N)c1cccs1. The van der Waals surface area contributed by atoms with Gasteiger partial charge in [-0.25, -0.2) is 0 Å². The molecule has 11 heavy (non-hydrogen) atoms. The molecule has 2 heteroatoms. The van der Waals surface area contributed by atoms with Crippen LogP contribution in [-0.4, -0.2) is 0 Å². The molecule has 1 heterocycles. The van der Waals surface area contributed by atoms with Gasteiger partial charge in [0.2, 0.25) is 0 Å². The summed E-state index contributed by atoms with van der Waals surface area (Å²) in [6.07, 6.45) is 1.32. The predicted octanol–water partition coefficient (Wildman–Crippen LogP) is 2.40. The molecule has 0 spiro atoms. The van der Waals surface area contributed by atoms with Crippen molar-refractivity contribution >= 4 is 11.3 Å². The summed E-state index contributed by atoms with van der Waals surface area (Å²) in [5, 5.41) is 2.10. The van der Waals surface area contributed by atoms with Crippen LogP contribution in [0.4, 0.5) is 0 Å². The van der Waals surface area contributed by atoms with Gasteiger partial charge in [-0.3, -0.25) is 0 Å². The highest BCUT2D eigenvalue weighted by Gasteiger charge is 2.38. The summed E-state index contributed by atoms with van der Waals surface area (Å²) in [5.74, 6) is 1.61. The van der Waals surface area contributed by atoms with Gasteiger partial charge in [-0.05, 0) is 29.7 Å². The highest BCUT2D eigenvalue weighted by molar-refractivity contribution is 7.10. The van der Waals surface area contributed by atoms with E-state index in [1.165, 1.54) is 11.3 Å². The maximum absolute atomic E-state index is 6.05. The highest BCUT2D eigenvalue weighted by atomic mass is 32.1. The Bertz CT molecular complexity index is 230. The fraction of sp³-hybridized carbons (Fsp3) is 0.556. The molecule has 1 nitrogen and oxygen atoms in total. The Kier molecular flexibility index (Phi) is 1.74. The second-order valence-electron chi connectivity index (χ2n) is 3.42. The zero-order chi connectivity index (χ0) is 7.84. The lowest BCUT2D eigenvalue weighted by Gasteiger charge is -2.06. The molecular weight excluding hydrogens is 154 g/mol. The van der Waals surface area contributed by atoms with Crippen molar-refractivity contribution in [3.8, 4) is 0 Å². The Hall–Kier alpha value is -0.340. The van der Waals surface area contributed by atoms with Gasteiger partial charge < -0.3 is 5.73 Å². The highest BCUT2D eigenvalue weighted by Crippen LogP contribution is 2.46. The monoisotopic (exact) mass is 167 g/mol. The lowest BCUT2D eigenvalue weighted by molar-refractivity contribution is 0.603. The standard InChI is InChI=1S/C9H13NS/c1-6-5-7(6)9(10)8-3-2-4-11-8/h2-4,6-7,9H,5,10H2,1H3. The van der Waals surface area contributed by atoms with E-state index in [1.54, 1.807) is 11.3 Å². The molecule has 0 amide bonds. The molecule has 3 atom stereocenters. The largest absolute Gasteiger partial charge is 0.323 e. The van der Waals surface area contributed by atoms with E-state index in [0.29, 0.717) is 6.04 Å². The van der Waals surface area contributed by atoms with Crippen LogP contribution in [0, 0.1) is 11.8 Å². The molecule has 0 radical (unpaired) electrons. The van der Waals surface area contributed by atoms with Gasteiger partial charge in [0.15, 0.2) is 0 Å². The van der Waals surface area contributed by atoms with Gasteiger partial charge in [0.1, 0.15) is 0 Å². The molecule has 1 saturated carbocycles. The molecule has 3 unspecified atom stereocenters. The first-order valence-corrected chi connectivity index (χ1v) is 4.96. The molecule has 0 saturated heterocycles. The third kappa shape index (κ3) is 1.33. The summed E-state index contributed by atoms with van der Waals surface area (Å²) < 4.78 is 0. The van der Waals surface area contributed by atoms with Gasteiger partial charge in [0.25, 0.3) is 0 Å². The van der Waals surface area contributed by atoms with Crippen molar-refractivity contribution in [1.82, 2.24) is 0 Å². The summed E-state index contributed by atoms with van der Waals surface area (Å²) >= 11 is 1.78. The molecule has 1 aromatic rings. The first-order valence-electron chi connectivity index (χ1n) is 4.08. The fourth-order valence-electron chi connectivity index (χ4n) is 1.54. The van der Waals surface area contributed by atoms with Gasteiger partial charge in [-0.1, -0.05) is 13.0 Å². The summed E-state index contributed by atoms with van der Waals surface area (Å²) in [7, 11) is 0. The Balaban J connectivity index is 2.06. The lowest BCUT2D eigenvalue weighted by Crippen LogP contribution is -2.11. The first kappa shape index (κ1) is 7.32. The van der Waals surface area contributed by atoms with Crippen LogP contribution in [0.15, 0.2) is 17.5 Å². The van der Waals surface area contributed by atoms with E-state index in [0.717, 1.165) is 11.8 Å². The lowest BCUT2D eigenvalue weighted by atomic mass is 10.1. The zero-order valence-corrected chi connectivity index (χ0v) is 7.47. The second kappa shape index (κ2) is 2.61. The smallest absolute Gasteiger partial charge is 0.0421 e.